The first-order valence-electron chi connectivity index (χ1n) is 17.7. The van der Waals surface area contributed by atoms with E-state index in [-0.39, 0.29) is 17.5 Å². The van der Waals surface area contributed by atoms with Crippen molar-refractivity contribution in [3.8, 4) is 5.75 Å². The fourth-order valence-electron chi connectivity index (χ4n) is 6.31. The van der Waals surface area contributed by atoms with Crippen molar-refractivity contribution in [3.05, 3.63) is 160 Å². The van der Waals surface area contributed by atoms with E-state index in [0.29, 0.717) is 11.3 Å². The van der Waals surface area contributed by atoms with Gasteiger partial charge in [-0.05, 0) is 65.2 Å². The molecule has 1 aliphatic heterocycles. The zero-order valence-electron chi connectivity index (χ0n) is 30.9. The molecule has 0 aliphatic carbocycles. The Morgan fingerprint density at radius 3 is 1.92 bits per heavy atom. The number of nitrogens with one attached hydrogen (secondary N) is 1. The molecule has 1 aliphatic rings. The predicted octanol–water partition coefficient (Wildman–Crippen LogP) is 7.16. The van der Waals surface area contributed by atoms with Crippen LogP contribution in [0, 0.1) is 0 Å². The highest BCUT2D eigenvalue weighted by Gasteiger charge is 2.51. The Hall–Kier alpha value is -4.91. The van der Waals surface area contributed by atoms with Crippen LogP contribution in [0.4, 0.5) is 5.82 Å². The number of carbonyl (C=O) groups is 1. The molecule has 1 amide bonds. The maximum absolute atomic E-state index is 13.6. The molecule has 4 atom stereocenters. The van der Waals surface area contributed by atoms with Crippen molar-refractivity contribution in [1.82, 2.24) is 9.55 Å². The van der Waals surface area contributed by atoms with Gasteiger partial charge in [0.25, 0.3) is 5.91 Å². The van der Waals surface area contributed by atoms with Crippen LogP contribution in [-0.4, -0.2) is 60.9 Å². The van der Waals surface area contributed by atoms with E-state index in [0.717, 1.165) is 16.7 Å². The number of hydrogen-bond acceptors (Lipinski definition) is 8. The number of anilines is 1. The van der Waals surface area contributed by atoms with Crippen LogP contribution in [0.5, 0.6) is 5.75 Å². The van der Waals surface area contributed by atoms with Gasteiger partial charge in [-0.2, -0.15) is 4.98 Å². The molecular formula is C42H47N3O7Si. The van der Waals surface area contributed by atoms with Gasteiger partial charge in [-0.1, -0.05) is 112 Å². The van der Waals surface area contributed by atoms with Crippen molar-refractivity contribution in [1.29, 1.82) is 0 Å². The number of methoxy groups -OCH3 is 1. The van der Waals surface area contributed by atoms with Gasteiger partial charge in [0.15, 0.2) is 14.5 Å². The molecular weight excluding hydrogens is 687 g/mol. The van der Waals surface area contributed by atoms with Gasteiger partial charge in [0.2, 0.25) is 0 Å². The number of aliphatic hydroxyl groups is 1. The summed E-state index contributed by atoms with van der Waals surface area (Å²) in [5.74, 6) is 0.406. The standard InChI is InChI=1S/C42H47N3O7Si/c1-41(2,3)53(5,6)52-37-36(46)34(51-39(37)45-27-26-35(44-40(45)48)43-38(47)29-16-10-7-11-17-29)28-50-42(30-18-12-8-13-19-30,31-20-14-9-15-21-31)32-22-24-33(49-4)25-23-32/h7-27,34,36-37,39,46H,28H2,1-6H3,(H,43,44,47,48)/t34-,36-,37+,39-/m0/s1. The number of nitrogens with zero attached hydrogens (tertiary/aromatic N) is 2. The minimum atomic E-state index is -2.52. The van der Waals surface area contributed by atoms with Crippen LogP contribution in [0.15, 0.2) is 132 Å². The summed E-state index contributed by atoms with van der Waals surface area (Å²) < 4.78 is 27.3. The second kappa shape index (κ2) is 15.6. The first-order chi connectivity index (χ1) is 25.3. The molecule has 1 aromatic heterocycles. The molecule has 0 radical (unpaired) electrons. The number of hydrogen-bond donors (Lipinski definition) is 2. The topological polar surface area (TPSA) is 121 Å². The average molecular weight is 734 g/mol. The third kappa shape index (κ3) is 7.90. The van der Waals surface area contributed by atoms with Crippen molar-refractivity contribution in [2.75, 3.05) is 19.0 Å². The molecule has 4 aromatic carbocycles. The van der Waals surface area contributed by atoms with Crippen LogP contribution in [0.1, 0.15) is 54.0 Å². The van der Waals surface area contributed by atoms with Crippen LogP contribution in [0.3, 0.4) is 0 Å². The number of rotatable bonds is 12. The van der Waals surface area contributed by atoms with Gasteiger partial charge < -0.3 is 29.1 Å². The van der Waals surface area contributed by atoms with Gasteiger partial charge in [-0.3, -0.25) is 9.36 Å². The van der Waals surface area contributed by atoms with Gasteiger partial charge in [0, 0.05) is 11.8 Å². The first kappa shape index (κ1) is 37.8. The van der Waals surface area contributed by atoms with Gasteiger partial charge in [0.1, 0.15) is 35.5 Å². The Kier molecular flexibility index (Phi) is 11.1. The molecule has 2 N–H and O–H groups in total. The van der Waals surface area contributed by atoms with E-state index in [2.05, 4.69) is 44.2 Å². The molecule has 1 saturated heterocycles. The summed E-state index contributed by atoms with van der Waals surface area (Å²) in [5.41, 5.74) is 1.26. The zero-order valence-corrected chi connectivity index (χ0v) is 31.9. The predicted molar refractivity (Wildman–Crippen MR) is 207 cm³/mol. The fraction of sp³-hybridized carbons (Fsp3) is 0.310. The van der Waals surface area contributed by atoms with E-state index in [1.54, 1.807) is 31.4 Å². The zero-order chi connectivity index (χ0) is 37.8. The number of ether oxygens (including phenoxy) is 3. The van der Waals surface area contributed by atoms with E-state index >= 15 is 0 Å². The van der Waals surface area contributed by atoms with E-state index in [1.165, 1.54) is 16.8 Å². The molecule has 0 unspecified atom stereocenters. The van der Waals surface area contributed by atoms with Crippen molar-refractivity contribution >= 4 is 20.0 Å². The molecule has 5 aromatic rings. The Bertz CT molecular complexity index is 2000. The molecule has 6 rings (SSSR count). The van der Waals surface area contributed by atoms with Gasteiger partial charge in [-0.25, -0.2) is 4.79 Å². The molecule has 0 bridgehead atoms. The number of aromatic nitrogens is 2. The molecule has 11 heteroatoms. The van der Waals surface area contributed by atoms with Gasteiger partial charge in [0.05, 0.1) is 13.7 Å². The van der Waals surface area contributed by atoms with E-state index < -0.39 is 50.1 Å². The average Bonchev–Trinajstić information content (AvgIpc) is 3.46. The molecule has 2 heterocycles. The number of carbonyl (C=O) groups excluding carboxylic acids is 1. The van der Waals surface area contributed by atoms with Crippen LogP contribution in [0.25, 0.3) is 0 Å². The number of amides is 1. The molecule has 276 valence electrons. The molecule has 1 fully saturated rings. The van der Waals surface area contributed by atoms with Crippen LogP contribution < -0.4 is 15.7 Å². The minimum absolute atomic E-state index is 0.0573. The van der Waals surface area contributed by atoms with Crippen LogP contribution in [0.2, 0.25) is 18.1 Å². The summed E-state index contributed by atoms with van der Waals surface area (Å²) >= 11 is 0. The van der Waals surface area contributed by atoms with Crippen molar-refractivity contribution < 1.29 is 28.5 Å². The summed E-state index contributed by atoms with van der Waals surface area (Å²) in [6.07, 6.45) is -2.51. The lowest BCUT2D eigenvalue weighted by atomic mass is 9.80. The van der Waals surface area contributed by atoms with E-state index in [1.807, 2.05) is 91.0 Å². The Morgan fingerprint density at radius 2 is 1.40 bits per heavy atom. The fourth-order valence-corrected chi connectivity index (χ4v) is 7.60. The Morgan fingerprint density at radius 1 is 0.849 bits per heavy atom. The Balaban J connectivity index is 1.36. The minimum Gasteiger partial charge on any atom is -0.497 e. The number of aliphatic hydroxyl groups excluding tert-OH is 1. The van der Waals surface area contributed by atoms with E-state index in [4.69, 9.17) is 18.6 Å². The van der Waals surface area contributed by atoms with Crippen molar-refractivity contribution in [2.45, 2.75) is 69.0 Å². The summed E-state index contributed by atoms with van der Waals surface area (Å²) in [6.45, 7) is 10.4. The maximum Gasteiger partial charge on any atom is 0.351 e. The summed E-state index contributed by atoms with van der Waals surface area (Å²) in [6, 6.07) is 37.8. The summed E-state index contributed by atoms with van der Waals surface area (Å²) in [5, 5.41) is 14.5. The second-order valence-electron chi connectivity index (χ2n) is 14.7. The third-order valence-electron chi connectivity index (χ3n) is 10.3. The highest BCUT2D eigenvalue weighted by atomic mass is 28.4. The summed E-state index contributed by atoms with van der Waals surface area (Å²) in [4.78, 5) is 30.6. The first-order valence-corrected chi connectivity index (χ1v) is 20.6. The lowest BCUT2D eigenvalue weighted by Crippen LogP contribution is -2.49. The SMILES string of the molecule is COc1ccc(C(OC[C@@H]2O[C@H](n3ccc(NC(=O)c4ccccc4)nc3=O)[C@H](O[Si](C)(C)C(C)(C)C)[C@H]2O)(c2ccccc2)c2ccccc2)cc1. The summed E-state index contributed by atoms with van der Waals surface area (Å²) in [7, 11) is -0.891. The quantitative estimate of drug-likeness (QED) is 0.102. The normalized spacial score (nSPS) is 19.2. The van der Waals surface area contributed by atoms with Crippen molar-refractivity contribution in [2.24, 2.45) is 0 Å². The number of benzene rings is 4. The lowest BCUT2D eigenvalue weighted by Gasteiger charge is -2.40. The highest BCUT2D eigenvalue weighted by Crippen LogP contribution is 2.44. The molecule has 0 saturated carbocycles. The molecule has 10 nitrogen and oxygen atoms in total. The monoisotopic (exact) mass is 733 g/mol. The Labute approximate surface area is 311 Å². The van der Waals surface area contributed by atoms with Gasteiger partial charge >= 0.3 is 5.69 Å². The lowest BCUT2D eigenvalue weighted by molar-refractivity contribution is -0.0956. The second-order valence-corrected chi connectivity index (χ2v) is 19.4. The van der Waals surface area contributed by atoms with E-state index in [9.17, 15) is 14.7 Å². The largest absolute Gasteiger partial charge is 0.497 e. The van der Waals surface area contributed by atoms with Crippen LogP contribution >= 0.6 is 0 Å². The molecule has 53 heavy (non-hydrogen) atoms. The maximum atomic E-state index is 13.6. The van der Waals surface area contributed by atoms with Gasteiger partial charge in [-0.15, -0.1) is 0 Å². The highest BCUT2D eigenvalue weighted by molar-refractivity contribution is 6.74. The smallest absolute Gasteiger partial charge is 0.351 e. The van der Waals surface area contributed by atoms with Crippen molar-refractivity contribution in [3.63, 3.8) is 0 Å². The molecule has 0 spiro atoms. The van der Waals surface area contributed by atoms with Crippen LogP contribution in [-0.2, 0) is 19.5 Å². The third-order valence-corrected chi connectivity index (χ3v) is 14.7.